The van der Waals surface area contributed by atoms with E-state index in [9.17, 15) is 14.0 Å². The van der Waals surface area contributed by atoms with Crippen molar-refractivity contribution in [2.45, 2.75) is 13.3 Å². The van der Waals surface area contributed by atoms with Gasteiger partial charge in [-0.1, -0.05) is 6.92 Å². The fourth-order valence-electron chi connectivity index (χ4n) is 0.223. The van der Waals surface area contributed by atoms with Gasteiger partial charge in [0.25, 0.3) is 0 Å². The van der Waals surface area contributed by atoms with Gasteiger partial charge < -0.3 is 9.42 Å². The van der Waals surface area contributed by atoms with Crippen LogP contribution in [0.1, 0.15) is 13.3 Å². The van der Waals surface area contributed by atoms with E-state index in [4.69, 9.17) is 0 Å². The quantitative estimate of drug-likeness (QED) is 0.349. The second-order valence-corrected chi connectivity index (χ2v) is 2.64. The Morgan fingerprint density at radius 3 is 2.50 bits per heavy atom. The second-order valence-electron chi connectivity index (χ2n) is 1.35. The number of phosphoric ester groups is 1. The molecule has 0 aliphatic heterocycles. The Hall–Kier alpha value is 0.637. The minimum Gasteiger partial charge on any atom is -0.754 e. The van der Waals surface area contributed by atoms with E-state index < -0.39 is 7.82 Å². The molecule has 0 fully saturated rings. The Bertz CT molecular complexity index is 121. The van der Waals surface area contributed by atoms with Gasteiger partial charge in [0.15, 0.2) is 0 Å². The van der Waals surface area contributed by atoms with Crippen molar-refractivity contribution in [2.75, 3.05) is 6.61 Å². The molecule has 0 aromatic rings. The first-order valence-corrected chi connectivity index (χ1v) is 3.84. The van der Waals surface area contributed by atoms with Gasteiger partial charge in [0.2, 0.25) is 0 Å². The number of halogens is 1. The van der Waals surface area contributed by atoms with E-state index in [1.165, 1.54) is 0 Å². The summed E-state index contributed by atoms with van der Waals surface area (Å²) in [5.41, 5.74) is 0. The van der Waals surface area contributed by atoms with Crippen LogP contribution in [0.4, 0.5) is 4.53 Å². The molecular weight excluding hydrogens is 157 g/mol. The van der Waals surface area contributed by atoms with Crippen molar-refractivity contribution in [2.24, 2.45) is 0 Å². The molecule has 0 aromatic carbocycles. The van der Waals surface area contributed by atoms with Crippen LogP contribution < -0.4 is 23.8 Å². The van der Waals surface area contributed by atoms with Crippen molar-refractivity contribution in [3.8, 4) is 0 Å². The summed E-state index contributed by atoms with van der Waals surface area (Å²) < 4.78 is 27.3. The van der Waals surface area contributed by atoms with Crippen LogP contribution in [0.15, 0.2) is 0 Å². The van der Waals surface area contributed by atoms with Crippen LogP contribution in [0.5, 0.6) is 0 Å². The van der Waals surface area contributed by atoms with Crippen molar-refractivity contribution < 1.29 is 42.1 Å². The van der Waals surface area contributed by atoms with Crippen molar-refractivity contribution in [1.82, 2.24) is 0 Å². The van der Waals surface area contributed by atoms with E-state index in [-0.39, 0.29) is 25.5 Å². The van der Waals surface area contributed by atoms with Gasteiger partial charge in [0, 0.05) is 0 Å². The largest absolute Gasteiger partial charge is 1.00 e. The summed E-state index contributed by atoms with van der Waals surface area (Å²) in [6.45, 7) is 1.64. The Balaban J connectivity index is 0. The Morgan fingerprint density at radius 1 is 1.70 bits per heavy atom. The van der Waals surface area contributed by atoms with E-state index in [0.717, 1.165) is 0 Å². The molecule has 1 unspecified atom stereocenters. The average molecular weight is 164 g/mol. The summed E-state index contributed by atoms with van der Waals surface area (Å²) in [6.07, 6.45) is 0.496. The van der Waals surface area contributed by atoms with E-state index in [1.807, 2.05) is 0 Å². The molecule has 0 spiro atoms. The number of hydrogen-bond acceptors (Lipinski definition) is 4. The summed E-state index contributed by atoms with van der Waals surface area (Å²) in [4.78, 5) is 9.97. The minimum atomic E-state index is -4.61. The average Bonchev–Trinajstić information content (AvgIpc) is 1.84. The van der Waals surface area contributed by atoms with Crippen LogP contribution in [0.3, 0.4) is 0 Å². The number of hydrogen-bond donors (Lipinski definition) is 0. The smallest absolute Gasteiger partial charge is 0.754 e. The molecule has 0 aliphatic rings. The summed E-state index contributed by atoms with van der Waals surface area (Å²) in [5, 5.41) is 0. The first kappa shape index (κ1) is 13.2. The Morgan fingerprint density at radius 2 is 2.20 bits per heavy atom. The second kappa shape index (κ2) is 6.35. The molecule has 7 heteroatoms. The SMILES string of the molecule is CCCOP(=O)([O-])OF.[Li+]. The molecule has 56 valence electrons. The molecule has 0 saturated heterocycles. The summed E-state index contributed by atoms with van der Waals surface area (Å²) in [6, 6.07) is 0. The molecule has 0 aliphatic carbocycles. The van der Waals surface area contributed by atoms with Gasteiger partial charge in [-0.25, -0.2) is 0 Å². The van der Waals surface area contributed by atoms with Gasteiger partial charge >= 0.3 is 26.7 Å². The van der Waals surface area contributed by atoms with Crippen molar-refractivity contribution in [3.05, 3.63) is 0 Å². The molecule has 1 atom stereocenters. The Kier molecular flexibility index (Phi) is 8.41. The van der Waals surface area contributed by atoms with Gasteiger partial charge in [0.1, 0.15) is 0 Å². The maximum Gasteiger partial charge on any atom is 1.00 e. The first-order valence-electron chi connectivity index (χ1n) is 2.38. The van der Waals surface area contributed by atoms with E-state index in [0.29, 0.717) is 6.42 Å². The van der Waals surface area contributed by atoms with Crippen LogP contribution in [-0.2, 0) is 13.8 Å². The fourth-order valence-corrected chi connectivity index (χ4v) is 0.669. The molecule has 0 radical (unpaired) electrons. The van der Waals surface area contributed by atoms with Crippen molar-refractivity contribution >= 4 is 7.82 Å². The van der Waals surface area contributed by atoms with Gasteiger partial charge in [0.05, 0.1) is 6.61 Å². The molecule has 0 rings (SSSR count). The monoisotopic (exact) mass is 164 g/mol. The molecule has 4 nitrogen and oxygen atoms in total. The molecule has 0 N–H and O–H groups in total. The van der Waals surface area contributed by atoms with Crippen molar-refractivity contribution in [1.29, 1.82) is 0 Å². The fraction of sp³-hybridized carbons (Fsp3) is 1.00. The number of phosphoric acid groups is 1. The van der Waals surface area contributed by atoms with Crippen LogP contribution in [-0.4, -0.2) is 6.61 Å². The third-order valence-corrected chi connectivity index (χ3v) is 1.21. The summed E-state index contributed by atoms with van der Waals surface area (Å²) in [5.74, 6) is 0. The zero-order chi connectivity index (χ0) is 7.33. The number of rotatable bonds is 4. The molecule has 0 amide bonds. The molecule has 0 saturated carbocycles. The molecule has 0 bridgehead atoms. The van der Waals surface area contributed by atoms with E-state index in [2.05, 4.69) is 9.25 Å². The predicted molar refractivity (Wildman–Crippen MR) is 26.0 cm³/mol. The maximum absolute atomic E-state index is 10.9. The molecule has 0 aromatic heterocycles. The van der Waals surface area contributed by atoms with Gasteiger partial charge in [-0.05, 0) is 10.9 Å². The molecule has 0 heterocycles. The minimum absolute atomic E-state index is 0. The summed E-state index contributed by atoms with van der Waals surface area (Å²) >= 11 is 0. The van der Waals surface area contributed by atoms with Gasteiger partial charge in [-0.3, -0.25) is 4.57 Å². The Labute approximate surface area is 70.4 Å². The topological polar surface area (TPSA) is 58.6 Å². The van der Waals surface area contributed by atoms with Crippen LogP contribution in [0.25, 0.3) is 0 Å². The molecular formula is C3H7FLiO4P. The third kappa shape index (κ3) is 6.75. The van der Waals surface area contributed by atoms with Crippen LogP contribution in [0.2, 0.25) is 0 Å². The zero-order valence-electron chi connectivity index (χ0n) is 5.87. The van der Waals surface area contributed by atoms with Gasteiger partial charge in [-0.15, -0.1) is 4.73 Å². The maximum atomic E-state index is 10.9. The summed E-state index contributed by atoms with van der Waals surface area (Å²) in [7, 11) is -4.61. The normalized spacial score (nSPS) is 15.5. The third-order valence-electron chi connectivity index (χ3n) is 0.538. The standard InChI is InChI=1S/C3H8FO4P.Li/c1-2-3-7-9(5,6)8-4;/h2-3H2,1H3,(H,5,6);/q;+1/p-1. The van der Waals surface area contributed by atoms with Crippen LogP contribution in [0, 0.1) is 0 Å². The predicted octanol–water partition coefficient (Wildman–Crippen LogP) is -2.21. The van der Waals surface area contributed by atoms with Gasteiger partial charge in [-0.2, -0.15) is 0 Å². The van der Waals surface area contributed by atoms with Crippen LogP contribution >= 0.6 is 7.82 Å². The zero-order valence-corrected chi connectivity index (χ0v) is 6.77. The first-order chi connectivity index (χ1) is 4.12. The van der Waals surface area contributed by atoms with Crippen molar-refractivity contribution in [3.63, 3.8) is 0 Å². The van der Waals surface area contributed by atoms with E-state index in [1.54, 1.807) is 6.92 Å². The van der Waals surface area contributed by atoms with E-state index >= 15 is 0 Å². The molecule has 10 heavy (non-hydrogen) atoms.